The fourth-order valence-corrected chi connectivity index (χ4v) is 3.24. The van der Waals surface area contributed by atoms with E-state index in [9.17, 15) is 0 Å². The molecule has 1 aromatic rings. The Bertz CT molecular complexity index is 567. The minimum atomic E-state index is 0.543. The third-order valence-electron chi connectivity index (χ3n) is 4.65. The Morgan fingerprint density at radius 3 is 2.68 bits per heavy atom. The van der Waals surface area contributed by atoms with Crippen molar-refractivity contribution >= 4 is 5.96 Å². The fraction of sp³-hybridized carbons (Fsp3) is 0.684. The summed E-state index contributed by atoms with van der Waals surface area (Å²) in [4.78, 5) is 11.7. The summed E-state index contributed by atoms with van der Waals surface area (Å²) >= 11 is 0. The summed E-state index contributed by atoms with van der Waals surface area (Å²) in [6.07, 6.45) is 5.89. The summed E-state index contributed by atoms with van der Waals surface area (Å²) in [7, 11) is 1.70. The third-order valence-corrected chi connectivity index (χ3v) is 4.65. The lowest BCUT2D eigenvalue weighted by Gasteiger charge is -2.26. The van der Waals surface area contributed by atoms with Gasteiger partial charge in [-0.15, -0.1) is 0 Å². The second-order valence-electron chi connectivity index (χ2n) is 6.57. The maximum absolute atomic E-state index is 5.48. The molecular formula is C19H33N5O. The Labute approximate surface area is 152 Å². The van der Waals surface area contributed by atoms with Crippen molar-refractivity contribution in [1.82, 2.24) is 20.5 Å². The molecule has 0 spiro atoms. The number of likely N-dealkylation sites (tertiary alicyclic amines) is 1. The smallest absolute Gasteiger partial charge is 0.191 e. The lowest BCUT2D eigenvalue weighted by atomic mass is 10.1. The van der Waals surface area contributed by atoms with Crippen LogP contribution in [-0.2, 0) is 6.54 Å². The minimum Gasteiger partial charge on any atom is -0.496 e. The molecule has 1 fully saturated rings. The molecule has 6 heteroatoms. The van der Waals surface area contributed by atoms with Gasteiger partial charge in [0.05, 0.1) is 19.3 Å². The zero-order valence-electron chi connectivity index (χ0n) is 16.2. The molecule has 25 heavy (non-hydrogen) atoms. The monoisotopic (exact) mass is 347 g/mol. The first-order valence-corrected chi connectivity index (χ1v) is 9.39. The van der Waals surface area contributed by atoms with Crippen LogP contribution in [0.2, 0.25) is 0 Å². The molecule has 2 N–H and O–H groups in total. The summed E-state index contributed by atoms with van der Waals surface area (Å²) in [6, 6.07) is 0. The van der Waals surface area contributed by atoms with Crippen molar-refractivity contribution in [1.29, 1.82) is 0 Å². The molecule has 0 radical (unpaired) electrons. The molecule has 0 atom stereocenters. The van der Waals surface area contributed by atoms with Crippen molar-refractivity contribution in [2.45, 2.75) is 46.6 Å². The molecule has 0 aromatic carbocycles. The van der Waals surface area contributed by atoms with Gasteiger partial charge in [-0.05, 0) is 46.7 Å². The van der Waals surface area contributed by atoms with Crippen molar-refractivity contribution in [2.24, 2.45) is 4.99 Å². The zero-order chi connectivity index (χ0) is 18.1. The quantitative estimate of drug-likeness (QED) is 0.585. The van der Waals surface area contributed by atoms with Crippen LogP contribution < -0.4 is 15.4 Å². The molecular weight excluding hydrogens is 314 g/mol. The van der Waals surface area contributed by atoms with Crippen molar-refractivity contribution in [3.05, 3.63) is 23.0 Å². The fourth-order valence-electron chi connectivity index (χ4n) is 3.24. The molecule has 1 aliphatic rings. The molecule has 0 aliphatic carbocycles. The van der Waals surface area contributed by atoms with Crippen molar-refractivity contribution in [3.63, 3.8) is 0 Å². The molecule has 2 heterocycles. The Kier molecular flexibility index (Phi) is 7.98. The number of aryl methyl sites for hydroxylation is 1. The van der Waals surface area contributed by atoms with Crippen LogP contribution in [0, 0.1) is 13.8 Å². The maximum Gasteiger partial charge on any atom is 0.191 e. The van der Waals surface area contributed by atoms with Gasteiger partial charge in [-0.25, -0.2) is 4.99 Å². The van der Waals surface area contributed by atoms with E-state index in [-0.39, 0.29) is 0 Å². The Balaban J connectivity index is 1.92. The molecule has 1 saturated heterocycles. The second kappa shape index (κ2) is 10.2. The number of nitrogens with one attached hydrogen (secondary N) is 2. The van der Waals surface area contributed by atoms with Gasteiger partial charge in [0.2, 0.25) is 0 Å². The highest BCUT2D eigenvalue weighted by molar-refractivity contribution is 5.79. The van der Waals surface area contributed by atoms with Gasteiger partial charge in [-0.1, -0.05) is 6.42 Å². The molecule has 2 rings (SSSR count). The van der Waals surface area contributed by atoms with Gasteiger partial charge in [0.25, 0.3) is 0 Å². The van der Waals surface area contributed by atoms with E-state index >= 15 is 0 Å². The predicted molar refractivity (Wildman–Crippen MR) is 103 cm³/mol. The molecule has 1 aliphatic heterocycles. The lowest BCUT2D eigenvalue weighted by molar-refractivity contribution is 0.232. The number of methoxy groups -OCH3 is 1. The highest BCUT2D eigenvalue weighted by Crippen LogP contribution is 2.24. The first kappa shape index (κ1) is 19.5. The molecule has 0 amide bonds. The lowest BCUT2D eigenvalue weighted by Crippen LogP contribution is -2.42. The van der Waals surface area contributed by atoms with E-state index in [4.69, 9.17) is 9.73 Å². The summed E-state index contributed by atoms with van der Waals surface area (Å²) in [6.45, 7) is 12.0. The summed E-state index contributed by atoms with van der Waals surface area (Å²) in [5, 5.41) is 6.75. The van der Waals surface area contributed by atoms with Crippen molar-refractivity contribution in [3.8, 4) is 5.75 Å². The van der Waals surface area contributed by atoms with E-state index in [1.165, 1.54) is 32.4 Å². The zero-order valence-corrected chi connectivity index (χ0v) is 16.2. The van der Waals surface area contributed by atoms with Crippen LogP contribution in [0.15, 0.2) is 11.2 Å². The standard InChI is InChI=1S/C19H33N5O/c1-5-20-19(21-9-12-24-10-7-6-8-11-24)23-14-17-16(3)18(25-4)15(2)13-22-17/h13H,5-12,14H2,1-4H3,(H2,20,21,23). The SMILES string of the molecule is CCNC(=NCc1ncc(C)c(OC)c1C)NCCN1CCCCC1. The van der Waals surface area contributed by atoms with Gasteiger partial charge in [-0.2, -0.15) is 0 Å². The van der Waals surface area contributed by atoms with Crippen LogP contribution in [0.3, 0.4) is 0 Å². The van der Waals surface area contributed by atoms with E-state index in [0.29, 0.717) is 6.54 Å². The number of nitrogens with zero attached hydrogens (tertiary/aromatic N) is 3. The number of hydrogen-bond acceptors (Lipinski definition) is 4. The Hall–Kier alpha value is -1.82. The highest BCUT2D eigenvalue weighted by atomic mass is 16.5. The largest absolute Gasteiger partial charge is 0.496 e. The first-order chi connectivity index (χ1) is 12.2. The Morgan fingerprint density at radius 1 is 1.24 bits per heavy atom. The number of guanidine groups is 1. The van der Waals surface area contributed by atoms with Gasteiger partial charge in [0.15, 0.2) is 5.96 Å². The van der Waals surface area contributed by atoms with E-state index in [1.54, 1.807) is 7.11 Å². The van der Waals surface area contributed by atoms with Crippen LogP contribution >= 0.6 is 0 Å². The van der Waals surface area contributed by atoms with Gasteiger partial charge in [0, 0.05) is 37.0 Å². The maximum atomic E-state index is 5.48. The summed E-state index contributed by atoms with van der Waals surface area (Å²) in [5.41, 5.74) is 3.07. The number of rotatable bonds is 7. The highest BCUT2D eigenvalue weighted by Gasteiger charge is 2.11. The van der Waals surface area contributed by atoms with Crippen molar-refractivity contribution < 1.29 is 4.74 Å². The minimum absolute atomic E-state index is 0.543. The predicted octanol–water partition coefficient (Wildman–Crippen LogP) is 2.25. The Morgan fingerprint density at radius 2 is 2.00 bits per heavy atom. The summed E-state index contributed by atoms with van der Waals surface area (Å²) < 4.78 is 5.48. The van der Waals surface area contributed by atoms with Crippen LogP contribution in [0.1, 0.15) is 43.0 Å². The van der Waals surface area contributed by atoms with Crippen molar-refractivity contribution in [2.75, 3.05) is 39.8 Å². The summed E-state index contributed by atoms with van der Waals surface area (Å²) in [5.74, 6) is 1.75. The average molecular weight is 348 g/mol. The molecule has 0 unspecified atom stereocenters. The van der Waals surface area contributed by atoms with Crippen LogP contribution in [0.5, 0.6) is 5.75 Å². The molecule has 1 aromatic heterocycles. The first-order valence-electron chi connectivity index (χ1n) is 9.39. The van der Waals surface area contributed by atoms with E-state index in [1.807, 2.05) is 20.0 Å². The molecule has 0 saturated carbocycles. The second-order valence-corrected chi connectivity index (χ2v) is 6.57. The third kappa shape index (κ3) is 5.88. The van der Waals surface area contributed by atoms with Crippen LogP contribution in [-0.4, -0.2) is 55.7 Å². The normalized spacial score (nSPS) is 15.9. The number of piperidine rings is 1. The van der Waals surface area contributed by atoms with E-state index < -0.39 is 0 Å². The average Bonchev–Trinajstić information content (AvgIpc) is 2.62. The van der Waals surface area contributed by atoms with Gasteiger partial charge in [0.1, 0.15) is 5.75 Å². The van der Waals surface area contributed by atoms with Crippen LogP contribution in [0.4, 0.5) is 0 Å². The van der Waals surface area contributed by atoms with E-state index in [2.05, 4.69) is 27.4 Å². The van der Waals surface area contributed by atoms with Gasteiger partial charge < -0.3 is 20.3 Å². The molecule has 0 bridgehead atoms. The van der Waals surface area contributed by atoms with Crippen LogP contribution in [0.25, 0.3) is 0 Å². The molecule has 6 nitrogen and oxygen atoms in total. The number of aromatic nitrogens is 1. The van der Waals surface area contributed by atoms with Gasteiger partial charge in [-0.3, -0.25) is 4.98 Å². The number of aliphatic imine (C=N–C) groups is 1. The molecule has 140 valence electrons. The van der Waals surface area contributed by atoms with Gasteiger partial charge >= 0.3 is 0 Å². The number of pyridine rings is 1. The number of hydrogen-bond donors (Lipinski definition) is 2. The number of ether oxygens (including phenoxy) is 1. The van der Waals surface area contributed by atoms with E-state index in [0.717, 1.165) is 48.2 Å². The topological polar surface area (TPSA) is 61.8 Å².